The Morgan fingerprint density at radius 3 is 2.90 bits per heavy atom. The van der Waals surface area contributed by atoms with Crippen LogP contribution in [0.2, 0.25) is 5.02 Å². The van der Waals surface area contributed by atoms with Gasteiger partial charge in [0.1, 0.15) is 10.7 Å². The van der Waals surface area contributed by atoms with Crippen LogP contribution in [-0.2, 0) is 11.3 Å². The van der Waals surface area contributed by atoms with Gasteiger partial charge >= 0.3 is 0 Å². The highest BCUT2D eigenvalue weighted by molar-refractivity contribution is 6.35. The molecule has 10 heteroatoms. The lowest BCUT2D eigenvalue weighted by Crippen LogP contribution is -2.38. The van der Waals surface area contributed by atoms with E-state index in [1.807, 2.05) is 0 Å². The van der Waals surface area contributed by atoms with Gasteiger partial charge in [0.15, 0.2) is 6.29 Å². The molecule has 1 aliphatic rings. The third-order valence-electron chi connectivity index (χ3n) is 4.69. The summed E-state index contributed by atoms with van der Waals surface area (Å²) in [5.41, 5.74) is 1.05. The lowest BCUT2D eigenvalue weighted by atomic mass is 10.0. The maximum absolute atomic E-state index is 13.2. The molecule has 0 atom stereocenters. The number of benzene rings is 1. The average molecular weight is 422 g/mol. The molecule has 0 saturated heterocycles. The van der Waals surface area contributed by atoms with Crippen LogP contribution >= 0.6 is 11.6 Å². The highest BCUT2D eigenvalue weighted by Gasteiger charge is 2.24. The van der Waals surface area contributed by atoms with Crippen molar-refractivity contribution in [3.05, 3.63) is 68.2 Å². The molecule has 0 bridgehead atoms. The summed E-state index contributed by atoms with van der Waals surface area (Å²) in [5, 5.41) is 17.0. The van der Waals surface area contributed by atoms with Gasteiger partial charge in [0.05, 0.1) is 11.9 Å². The van der Waals surface area contributed by atoms with E-state index in [9.17, 15) is 18.4 Å². The number of halogens is 3. The van der Waals surface area contributed by atoms with Gasteiger partial charge in [0.2, 0.25) is 0 Å². The summed E-state index contributed by atoms with van der Waals surface area (Å²) in [6.07, 6.45) is -0.359. The Balaban J connectivity index is 1.86. The van der Waals surface area contributed by atoms with Gasteiger partial charge in [-0.3, -0.25) is 15.0 Å². The van der Waals surface area contributed by atoms with Gasteiger partial charge in [-0.2, -0.15) is 5.10 Å². The number of H-pyrrole nitrogens is 1. The lowest BCUT2D eigenvalue weighted by molar-refractivity contribution is -0.102. The van der Waals surface area contributed by atoms with Crippen molar-refractivity contribution in [3.63, 3.8) is 0 Å². The van der Waals surface area contributed by atoms with Crippen molar-refractivity contribution in [1.82, 2.24) is 15.5 Å². The zero-order chi connectivity index (χ0) is 21.0. The fraction of sp³-hybridized carbons (Fsp3) is 0.263. The first kappa shape index (κ1) is 20.7. The van der Waals surface area contributed by atoms with Gasteiger partial charge in [-0.15, -0.1) is 0 Å². The lowest BCUT2D eigenvalue weighted by Gasteiger charge is -2.32. The van der Waals surface area contributed by atoms with E-state index in [1.165, 1.54) is 12.3 Å². The summed E-state index contributed by atoms with van der Waals surface area (Å²) in [6, 6.07) is 6.21. The van der Waals surface area contributed by atoms with Crippen LogP contribution in [0, 0.1) is 5.41 Å². The summed E-state index contributed by atoms with van der Waals surface area (Å²) in [4.78, 5) is 24.7. The van der Waals surface area contributed by atoms with Gasteiger partial charge < -0.3 is 10.2 Å². The molecule has 0 spiro atoms. The van der Waals surface area contributed by atoms with Crippen LogP contribution in [0.5, 0.6) is 0 Å². The molecular formula is C19H18ClF2N5O2. The summed E-state index contributed by atoms with van der Waals surface area (Å²) >= 11 is 6.06. The van der Waals surface area contributed by atoms with Crippen LogP contribution in [0.3, 0.4) is 0 Å². The standard InChI is InChI=1S/C19H18ClF2N5O2/c20-17-16(8-25-26-19(17)29)27-6-5-15(13(9-27)14(23)10-28)24-7-11-3-1-2-4-12(11)18(21)22/h1-4,8,10,18,23-24H,5-7,9H2,(H,26,29). The monoisotopic (exact) mass is 421 g/mol. The van der Waals surface area contributed by atoms with Gasteiger partial charge in [-0.1, -0.05) is 35.9 Å². The molecule has 0 saturated carbocycles. The number of carbonyl (C=O) groups excluding carboxylic acids is 1. The minimum atomic E-state index is -2.60. The Labute approximate surface area is 169 Å². The van der Waals surface area contributed by atoms with E-state index in [0.717, 1.165) is 0 Å². The minimum Gasteiger partial charge on any atom is -0.384 e. The number of carbonyl (C=O) groups is 1. The van der Waals surface area contributed by atoms with E-state index in [-0.39, 0.29) is 29.4 Å². The van der Waals surface area contributed by atoms with Crippen LogP contribution in [0.25, 0.3) is 0 Å². The van der Waals surface area contributed by atoms with E-state index >= 15 is 0 Å². The fourth-order valence-corrected chi connectivity index (χ4v) is 3.40. The maximum Gasteiger partial charge on any atom is 0.285 e. The number of rotatable bonds is 7. The largest absolute Gasteiger partial charge is 0.384 e. The number of nitrogens with zero attached hydrogens (tertiary/aromatic N) is 2. The van der Waals surface area contributed by atoms with Crippen molar-refractivity contribution in [1.29, 1.82) is 5.41 Å². The molecule has 7 nitrogen and oxygen atoms in total. The number of nitrogens with one attached hydrogen (secondary N) is 3. The summed E-state index contributed by atoms with van der Waals surface area (Å²) in [7, 11) is 0. The van der Waals surface area contributed by atoms with Crippen LogP contribution in [0.15, 0.2) is 46.5 Å². The number of hydrogen-bond donors (Lipinski definition) is 3. The molecule has 0 fully saturated rings. The molecule has 2 heterocycles. The Bertz CT molecular complexity index is 1020. The number of alkyl halides is 2. The Morgan fingerprint density at radius 1 is 1.41 bits per heavy atom. The second kappa shape index (κ2) is 8.95. The summed E-state index contributed by atoms with van der Waals surface area (Å²) < 4.78 is 26.4. The van der Waals surface area contributed by atoms with Crippen LogP contribution in [0.4, 0.5) is 14.5 Å². The van der Waals surface area contributed by atoms with E-state index in [2.05, 4.69) is 15.5 Å². The first-order valence-electron chi connectivity index (χ1n) is 8.76. The molecule has 0 amide bonds. The molecule has 152 valence electrons. The minimum absolute atomic E-state index is 0.0285. The van der Waals surface area contributed by atoms with E-state index < -0.39 is 12.0 Å². The molecule has 0 radical (unpaired) electrons. The molecule has 29 heavy (non-hydrogen) atoms. The van der Waals surface area contributed by atoms with Gasteiger partial charge in [0, 0.05) is 42.9 Å². The molecule has 1 aromatic carbocycles. The Kier molecular flexibility index (Phi) is 6.38. The highest BCUT2D eigenvalue weighted by atomic mass is 35.5. The summed E-state index contributed by atoms with van der Waals surface area (Å²) in [5.74, 6) is 0. The van der Waals surface area contributed by atoms with E-state index in [4.69, 9.17) is 17.0 Å². The van der Waals surface area contributed by atoms with Crippen molar-refractivity contribution >= 4 is 29.3 Å². The molecule has 3 rings (SSSR count). The topological polar surface area (TPSA) is 102 Å². The van der Waals surface area contributed by atoms with Crippen molar-refractivity contribution in [2.24, 2.45) is 0 Å². The van der Waals surface area contributed by atoms with E-state index in [1.54, 1.807) is 23.1 Å². The summed E-state index contributed by atoms with van der Waals surface area (Å²) in [6.45, 7) is 0.735. The SMILES string of the molecule is N=C(C=O)C1=C(NCc2ccccc2C(F)F)CCN(c2cn[nH]c(=O)c2Cl)C1. The first-order valence-corrected chi connectivity index (χ1v) is 9.14. The Hall–Kier alpha value is -3.07. The predicted molar refractivity (Wildman–Crippen MR) is 106 cm³/mol. The zero-order valence-corrected chi connectivity index (χ0v) is 16.0. The molecule has 0 aliphatic carbocycles. The van der Waals surface area contributed by atoms with Crippen LogP contribution < -0.4 is 15.8 Å². The smallest absolute Gasteiger partial charge is 0.285 e. The fourth-order valence-electron chi connectivity index (χ4n) is 3.19. The van der Waals surface area contributed by atoms with Crippen molar-refractivity contribution in [2.75, 3.05) is 18.0 Å². The van der Waals surface area contributed by atoms with Gasteiger partial charge in [-0.05, 0) is 5.56 Å². The highest BCUT2D eigenvalue weighted by Crippen LogP contribution is 2.27. The Morgan fingerprint density at radius 2 is 2.17 bits per heavy atom. The number of aldehydes is 1. The van der Waals surface area contributed by atoms with Crippen molar-refractivity contribution in [3.8, 4) is 0 Å². The zero-order valence-electron chi connectivity index (χ0n) is 15.2. The molecule has 2 aromatic rings. The molecule has 0 unspecified atom stereocenters. The molecular weight excluding hydrogens is 404 g/mol. The van der Waals surface area contributed by atoms with Crippen LogP contribution in [0.1, 0.15) is 24.0 Å². The number of anilines is 1. The quantitative estimate of drug-likeness (QED) is 0.471. The van der Waals surface area contributed by atoms with Gasteiger partial charge in [-0.25, -0.2) is 13.9 Å². The van der Waals surface area contributed by atoms with Gasteiger partial charge in [0.25, 0.3) is 12.0 Å². The number of aromatic nitrogens is 2. The second-order valence-corrected chi connectivity index (χ2v) is 6.79. The van der Waals surface area contributed by atoms with Crippen molar-refractivity contribution < 1.29 is 13.6 Å². The third-order valence-corrected chi connectivity index (χ3v) is 5.05. The number of aromatic amines is 1. The molecule has 3 N–H and O–H groups in total. The molecule has 1 aliphatic heterocycles. The average Bonchev–Trinajstić information content (AvgIpc) is 2.73. The van der Waals surface area contributed by atoms with E-state index in [0.29, 0.717) is 41.8 Å². The van der Waals surface area contributed by atoms with Crippen LogP contribution in [-0.4, -0.2) is 35.3 Å². The third kappa shape index (κ3) is 4.51. The molecule has 1 aromatic heterocycles. The maximum atomic E-state index is 13.2. The number of hydrogen-bond acceptors (Lipinski definition) is 6. The second-order valence-electron chi connectivity index (χ2n) is 6.41. The first-order chi connectivity index (χ1) is 13.9. The normalized spacial score (nSPS) is 14.3. The van der Waals surface area contributed by atoms with Crippen molar-refractivity contribution in [2.45, 2.75) is 19.4 Å². The predicted octanol–water partition coefficient (Wildman–Crippen LogP) is 2.83.